The second kappa shape index (κ2) is 12.8. The zero-order valence-electron chi connectivity index (χ0n) is 23.0. The maximum absolute atomic E-state index is 13.4. The molecule has 2 amide bonds. The zero-order chi connectivity index (χ0) is 31.4. The number of nitriles is 2. The molecule has 0 bridgehead atoms. The van der Waals surface area contributed by atoms with Gasteiger partial charge in [-0.2, -0.15) is 10.5 Å². The van der Waals surface area contributed by atoms with Crippen molar-refractivity contribution in [3.63, 3.8) is 0 Å². The third-order valence-electron chi connectivity index (χ3n) is 6.65. The SMILES string of the molecule is COc1ccc(C(=O)COC(=O)c2ccc(N3C(=O)CC(Sc4nc(N)c(C#N)c(-c5cccs5)c4C#N)C3=O)cc2)cc1. The molecule has 218 valence electrons. The number of hydrogen-bond acceptors (Lipinski definition) is 12. The fraction of sp³-hybridized carbons (Fsp3) is 0.129. The van der Waals surface area contributed by atoms with Crippen LogP contribution in [0.5, 0.6) is 5.75 Å². The Hall–Kier alpha value is -5.50. The third kappa shape index (κ3) is 5.87. The summed E-state index contributed by atoms with van der Waals surface area (Å²) >= 11 is 2.26. The minimum Gasteiger partial charge on any atom is -0.497 e. The van der Waals surface area contributed by atoms with E-state index in [1.54, 1.807) is 41.8 Å². The largest absolute Gasteiger partial charge is 0.497 e. The van der Waals surface area contributed by atoms with E-state index >= 15 is 0 Å². The Morgan fingerprint density at radius 2 is 1.73 bits per heavy atom. The van der Waals surface area contributed by atoms with Crippen molar-refractivity contribution >= 4 is 58.2 Å². The first-order valence-corrected chi connectivity index (χ1v) is 14.7. The maximum Gasteiger partial charge on any atom is 0.338 e. The van der Waals surface area contributed by atoms with Gasteiger partial charge in [0.25, 0.3) is 0 Å². The average molecular weight is 624 g/mol. The number of Topliss-reactive ketones (excluding diaryl/α,β-unsaturated/α-hetero) is 1. The van der Waals surface area contributed by atoms with Crippen molar-refractivity contribution in [2.75, 3.05) is 24.4 Å². The molecule has 3 heterocycles. The molecule has 11 nitrogen and oxygen atoms in total. The van der Waals surface area contributed by atoms with Gasteiger partial charge in [-0.05, 0) is 60.0 Å². The van der Waals surface area contributed by atoms with E-state index in [0.717, 1.165) is 16.7 Å². The minimum atomic E-state index is -0.903. The first-order chi connectivity index (χ1) is 21.2. The van der Waals surface area contributed by atoms with Gasteiger partial charge in [0.05, 0.1) is 29.2 Å². The molecule has 2 aromatic heterocycles. The second-order valence-electron chi connectivity index (χ2n) is 9.28. The molecule has 1 aliphatic heterocycles. The molecule has 4 aromatic rings. The molecule has 0 spiro atoms. The van der Waals surface area contributed by atoms with Crippen molar-refractivity contribution in [1.29, 1.82) is 10.5 Å². The van der Waals surface area contributed by atoms with Gasteiger partial charge in [0.2, 0.25) is 11.8 Å². The van der Waals surface area contributed by atoms with Gasteiger partial charge in [0.15, 0.2) is 12.4 Å². The number of aromatic nitrogens is 1. The Bertz CT molecular complexity index is 1860. The van der Waals surface area contributed by atoms with E-state index in [0.29, 0.717) is 21.8 Å². The number of rotatable bonds is 9. The Kier molecular flexibility index (Phi) is 8.71. The van der Waals surface area contributed by atoms with E-state index in [4.69, 9.17) is 15.2 Å². The number of esters is 1. The number of ketones is 1. The fourth-order valence-electron chi connectivity index (χ4n) is 4.47. The fourth-order valence-corrected chi connectivity index (χ4v) is 6.38. The van der Waals surface area contributed by atoms with Crippen LogP contribution in [0.2, 0.25) is 0 Å². The lowest BCUT2D eigenvalue weighted by molar-refractivity contribution is -0.121. The highest BCUT2D eigenvalue weighted by molar-refractivity contribution is 8.00. The van der Waals surface area contributed by atoms with Crippen molar-refractivity contribution in [1.82, 2.24) is 4.98 Å². The number of imide groups is 1. The van der Waals surface area contributed by atoms with Crippen molar-refractivity contribution in [2.45, 2.75) is 16.7 Å². The number of ether oxygens (including phenoxy) is 2. The quantitative estimate of drug-likeness (QED) is 0.156. The highest BCUT2D eigenvalue weighted by Gasteiger charge is 2.41. The molecule has 0 radical (unpaired) electrons. The summed E-state index contributed by atoms with van der Waals surface area (Å²) in [4.78, 5) is 57.1. The van der Waals surface area contributed by atoms with Crippen LogP contribution >= 0.6 is 23.1 Å². The van der Waals surface area contributed by atoms with Crippen molar-refractivity contribution in [2.24, 2.45) is 0 Å². The summed E-state index contributed by atoms with van der Waals surface area (Å²) in [6, 6.07) is 19.6. The molecule has 2 aromatic carbocycles. The lowest BCUT2D eigenvalue weighted by atomic mass is 10.0. The molecule has 0 saturated carbocycles. The molecular formula is C31H21N5O6S2. The van der Waals surface area contributed by atoms with Crippen molar-refractivity contribution < 1.29 is 28.7 Å². The Balaban J connectivity index is 1.29. The number of thiophene rings is 1. The molecule has 1 saturated heterocycles. The minimum absolute atomic E-state index is 0.0625. The Morgan fingerprint density at radius 3 is 2.34 bits per heavy atom. The number of carbonyl (C=O) groups excluding carboxylic acids is 4. The number of hydrogen-bond donors (Lipinski definition) is 1. The van der Waals surface area contributed by atoms with Crippen LogP contribution in [0.1, 0.15) is 38.3 Å². The smallest absolute Gasteiger partial charge is 0.338 e. The van der Waals surface area contributed by atoms with Gasteiger partial charge in [0.1, 0.15) is 34.3 Å². The van der Waals surface area contributed by atoms with E-state index < -0.39 is 35.4 Å². The second-order valence-corrected chi connectivity index (χ2v) is 11.4. The van der Waals surface area contributed by atoms with Gasteiger partial charge in [-0.25, -0.2) is 14.7 Å². The summed E-state index contributed by atoms with van der Waals surface area (Å²) in [5.74, 6) is -1.65. The summed E-state index contributed by atoms with van der Waals surface area (Å²) in [6.45, 7) is -0.471. The van der Waals surface area contributed by atoms with Crippen LogP contribution in [0.25, 0.3) is 10.4 Å². The average Bonchev–Trinajstić information content (AvgIpc) is 3.67. The molecule has 1 fully saturated rings. The topological polar surface area (TPSA) is 176 Å². The summed E-state index contributed by atoms with van der Waals surface area (Å²) in [5.41, 5.74) is 7.27. The molecular weight excluding hydrogens is 603 g/mol. The molecule has 5 rings (SSSR count). The van der Waals surface area contributed by atoms with Gasteiger partial charge >= 0.3 is 5.97 Å². The van der Waals surface area contributed by atoms with Crippen molar-refractivity contribution in [3.05, 3.63) is 88.3 Å². The third-order valence-corrected chi connectivity index (χ3v) is 8.71. The maximum atomic E-state index is 13.4. The number of carbonyl (C=O) groups is 4. The van der Waals surface area contributed by atoms with E-state index in [2.05, 4.69) is 11.1 Å². The monoisotopic (exact) mass is 623 g/mol. The predicted molar refractivity (Wildman–Crippen MR) is 162 cm³/mol. The van der Waals surface area contributed by atoms with Gasteiger partial charge in [-0.1, -0.05) is 17.8 Å². The van der Waals surface area contributed by atoms with Crippen LogP contribution in [0.4, 0.5) is 11.5 Å². The summed E-state index contributed by atoms with van der Waals surface area (Å²) < 4.78 is 10.2. The van der Waals surface area contributed by atoms with Gasteiger partial charge in [0, 0.05) is 22.4 Å². The number of anilines is 2. The van der Waals surface area contributed by atoms with Crippen LogP contribution < -0.4 is 15.4 Å². The number of thioether (sulfide) groups is 1. The van der Waals surface area contributed by atoms with Crippen molar-refractivity contribution in [3.8, 4) is 28.3 Å². The molecule has 13 heteroatoms. The Morgan fingerprint density at radius 1 is 1.05 bits per heavy atom. The highest BCUT2D eigenvalue weighted by atomic mass is 32.2. The van der Waals surface area contributed by atoms with Crippen LogP contribution in [-0.4, -0.2) is 47.5 Å². The first kappa shape index (κ1) is 30.0. The number of nitrogen functional groups attached to an aromatic ring is 1. The number of methoxy groups -OCH3 is 1. The van der Waals surface area contributed by atoms with E-state index in [-0.39, 0.29) is 39.6 Å². The lowest BCUT2D eigenvalue weighted by Gasteiger charge is -2.16. The highest BCUT2D eigenvalue weighted by Crippen LogP contribution is 2.41. The predicted octanol–water partition coefficient (Wildman–Crippen LogP) is 4.61. The van der Waals surface area contributed by atoms with Crippen LogP contribution in [0, 0.1) is 22.7 Å². The summed E-state index contributed by atoms with van der Waals surface area (Å²) in [7, 11) is 1.51. The van der Waals surface area contributed by atoms with Gasteiger partial charge < -0.3 is 15.2 Å². The Labute approximate surface area is 259 Å². The van der Waals surface area contributed by atoms with Crippen LogP contribution in [0.15, 0.2) is 71.1 Å². The number of benzene rings is 2. The zero-order valence-corrected chi connectivity index (χ0v) is 24.6. The standard InChI is InChI=1S/C31H21N5O6S2/c1-41-20-10-6-17(7-11-20)23(37)16-42-31(40)18-4-8-19(9-5-18)36-26(38)13-25(30(36)39)44-29-22(15-33)27(24-3-2-12-43-24)21(14-32)28(34)35-29/h2-12,25H,13,16H2,1H3,(H2,34,35). The van der Waals surface area contributed by atoms with E-state index in [1.807, 2.05) is 6.07 Å². The number of amides is 2. The van der Waals surface area contributed by atoms with E-state index in [9.17, 15) is 29.7 Å². The van der Waals surface area contributed by atoms with E-state index in [1.165, 1.54) is 42.7 Å². The lowest BCUT2D eigenvalue weighted by Crippen LogP contribution is -2.31. The molecule has 44 heavy (non-hydrogen) atoms. The van der Waals surface area contributed by atoms with Crippen LogP contribution in [0.3, 0.4) is 0 Å². The summed E-state index contributed by atoms with van der Waals surface area (Å²) in [6.07, 6.45) is -0.165. The number of nitrogens with two attached hydrogens (primary N) is 1. The number of pyridine rings is 1. The molecule has 1 atom stereocenters. The molecule has 1 unspecified atom stereocenters. The molecule has 1 aliphatic rings. The summed E-state index contributed by atoms with van der Waals surface area (Å²) in [5, 5.41) is 20.7. The van der Waals surface area contributed by atoms with Gasteiger partial charge in [-0.15, -0.1) is 11.3 Å². The first-order valence-electron chi connectivity index (χ1n) is 12.9. The normalized spacial score (nSPS) is 14.2. The molecule has 0 aliphatic carbocycles. The van der Waals surface area contributed by atoms with Gasteiger partial charge in [-0.3, -0.25) is 14.4 Å². The van der Waals surface area contributed by atoms with Crippen LogP contribution in [-0.2, 0) is 14.3 Å². The number of nitrogens with zero attached hydrogens (tertiary/aromatic N) is 4. The molecule has 2 N–H and O–H groups in total.